The van der Waals surface area contributed by atoms with Crippen molar-refractivity contribution in [3.63, 3.8) is 0 Å². The fraction of sp³-hybridized carbons (Fsp3) is 0.944. The van der Waals surface area contributed by atoms with E-state index in [2.05, 4.69) is 22.9 Å². The van der Waals surface area contributed by atoms with E-state index in [1.807, 2.05) is 27.7 Å². The molecule has 6 fully saturated rings. The van der Waals surface area contributed by atoms with Gasteiger partial charge in [0.05, 0.1) is 54.7 Å². The van der Waals surface area contributed by atoms with Gasteiger partial charge >= 0.3 is 5.97 Å². The lowest BCUT2D eigenvalue weighted by Gasteiger charge is -2.53. The van der Waals surface area contributed by atoms with Crippen LogP contribution in [0.4, 0.5) is 0 Å². The lowest BCUT2D eigenvalue weighted by atomic mass is 9.67. The van der Waals surface area contributed by atoms with Gasteiger partial charge in [-0.15, -0.1) is 0 Å². The molecule has 0 aromatic carbocycles. The summed E-state index contributed by atoms with van der Waals surface area (Å²) < 4.78 is 24.7. The molecule has 0 amide bonds. The van der Waals surface area contributed by atoms with Crippen molar-refractivity contribution in [2.75, 3.05) is 13.1 Å². The number of Topliss-reactive ketones (excluding diaryl/α,β-unsaturated/α-hetero) is 1. The summed E-state index contributed by atoms with van der Waals surface area (Å²) in [7, 11) is 0. The van der Waals surface area contributed by atoms with Gasteiger partial charge in [0.15, 0.2) is 5.60 Å². The number of aliphatic hydroxyl groups is 1. The zero-order valence-electron chi connectivity index (χ0n) is 29.5. The highest BCUT2D eigenvalue weighted by Crippen LogP contribution is 2.48. The van der Waals surface area contributed by atoms with E-state index in [9.17, 15) is 14.7 Å². The molecule has 6 aliphatic rings. The predicted molar refractivity (Wildman–Crippen MR) is 176 cm³/mol. The van der Waals surface area contributed by atoms with Crippen LogP contribution in [-0.4, -0.2) is 96.1 Å². The molecule has 14 unspecified atom stereocenters. The zero-order chi connectivity index (χ0) is 33.5. The number of carbonyl (C=O) groups is 2. The van der Waals surface area contributed by atoms with Gasteiger partial charge in [-0.05, 0) is 78.1 Å². The molecular formula is C36H63N4O7+. The number of epoxide rings is 1. The second-order valence-electron chi connectivity index (χ2n) is 16.5. The van der Waals surface area contributed by atoms with Crippen LogP contribution in [0.25, 0.3) is 0 Å². The Morgan fingerprint density at radius 1 is 1.11 bits per heavy atom. The molecule has 0 spiro atoms. The number of ether oxygens (including phenoxy) is 4. The standard InChI is InChI=1S/C36H62N4O7/c1-6-7-8-12-38-31-17-22(11-13-39-31)24-15-21(16-30(37)40-24)9-10-28-36(5,47-28)34(43)45-29-18-23-26(46-35(29,3)4)19-27-32(33(23)42)25(41)14-20(2)44-27/h20-24,26-33,38-40,42H,6-19,37H2,1-5H3/p+1. The Labute approximate surface area is 281 Å². The van der Waals surface area contributed by atoms with Gasteiger partial charge in [-0.2, -0.15) is 0 Å². The highest BCUT2D eigenvalue weighted by Gasteiger charge is 2.62. The van der Waals surface area contributed by atoms with Gasteiger partial charge in [-0.25, -0.2) is 4.79 Å². The van der Waals surface area contributed by atoms with Crippen molar-refractivity contribution in [1.29, 1.82) is 0 Å². The molecule has 5 aliphatic heterocycles. The molecule has 0 aromatic heterocycles. The van der Waals surface area contributed by atoms with E-state index in [1.54, 1.807) is 0 Å². The highest BCUT2D eigenvalue weighted by atomic mass is 16.7. The summed E-state index contributed by atoms with van der Waals surface area (Å²) in [5, 5.41) is 21.3. The number of nitrogens with one attached hydrogen (secondary N) is 2. The van der Waals surface area contributed by atoms with Gasteiger partial charge in [-0.3, -0.25) is 15.4 Å². The molecule has 1 saturated carbocycles. The van der Waals surface area contributed by atoms with Crippen LogP contribution >= 0.6 is 0 Å². The molecule has 7 N–H and O–H groups in total. The molecule has 6 rings (SSSR count). The number of hydrogen-bond acceptors (Lipinski definition) is 10. The predicted octanol–water partition coefficient (Wildman–Crippen LogP) is 1.88. The minimum absolute atomic E-state index is 0.00117. The summed E-state index contributed by atoms with van der Waals surface area (Å²) in [5.41, 5.74) is 4.82. The Morgan fingerprint density at radius 2 is 1.91 bits per heavy atom. The number of fused-ring (bicyclic) bond motifs is 2. The maximum Gasteiger partial charge on any atom is 0.341 e. The van der Waals surface area contributed by atoms with Crippen LogP contribution < -0.4 is 21.7 Å². The Morgan fingerprint density at radius 3 is 2.70 bits per heavy atom. The summed E-state index contributed by atoms with van der Waals surface area (Å²) >= 11 is 0. The third-order valence-electron chi connectivity index (χ3n) is 12.5. The van der Waals surface area contributed by atoms with Crippen molar-refractivity contribution in [2.45, 2.75) is 178 Å². The molecule has 0 radical (unpaired) electrons. The minimum atomic E-state index is -0.975. The molecular weight excluding hydrogens is 600 g/mol. The van der Waals surface area contributed by atoms with E-state index < -0.39 is 29.3 Å². The van der Waals surface area contributed by atoms with Crippen LogP contribution in [0.1, 0.15) is 112 Å². The van der Waals surface area contributed by atoms with Crippen molar-refractivity contribution < 1.29 is 39.0 Å². The minimum Gasteiger partial charge on any atom is -0.457 e. The molecule has 11 nitrogen and oxygen atoms in total. The van der Waals surface area contributed by atoms with Gasteiger partial charge < -0.3 is 35.1 Å². The number of esters is 1. The molecule has 0 aromatic rings. The average Bonchev–Trinajstić information content (AvgIpc) is 3.69. The SMILES string of the molecule is CCCCCNC1CC(C2CC(CCC3OC3(C)C(=O)OC3CC4C(CC5OC(C)CC(=O)C5C4O)OC3(C)C)CC(N)N2)CC[NH2+]1. The normalized spacial score (nSPS) is 46.3. The van der Waals surface area contributed by atoms with Crippen molar-refractivity contribution in [3.8, 4) is 0 Å². The van der Waals surface area contributed by atoms with Crippen LogP contribution in [0, 0.1) is 23.7 Å². The van der Waals surface area contributed by atoms with Crippen LogP contribution in [0.15, 0.2) is 0 Å². The van der Waals surface area contributed by atoms with Crippen molar-refractivity contribution >= 4 is 11.8 Å². The maximum absolute atomic E-state index is 13.6. The monoisotopic (exact) mass is 663 g/mol. The quantitative estimate of drug-likeness (QED) is 0.125. The molecule has 5 heterocycles. The topological polar surface area (TPSA) is 161 Å². The molecule has 1 aliphatic carbocycles. The van der Waals surface area contributed by atoms with Crippen LogP contribution in [0.2, 0.25) is 0 Å². The third kappa shape index (κ3) is 7.93. The molecule has 0 bridgehead atoms. The number of carbonyl (C=O) groups excluding carboxylic acids is 2. The zero-order valence-corrected chi connectivity index (χ0v) is 29.5. The smallest absolute Gasteiger partial charge is 0.341 e. The second-order valence-corrected chi connectivity index (χ2v) is 16.5. The van der Waals surface area contributed by atoms with E-state index in [-0.39, 0.29) is 48.3 Å². The maximum atomic E-state index is 13.6. The number of aliphatic hydroxyl groups excluding tert-OH is 1. The number of unbranched alkanes of at least 4 members (excludes halogenated alkanes) is 2. The summed E-state index contributed by atoms with van der Waals surface area (Å²) in [5.74, 6) is -0.0366. The fourth-order valence-corrected chi connectivity index (χ4v) is 9.62. The first-order valence-electron chi connectivity index (χ1n) is 18.9. The Balaban J connectivity index is 0.985. The molecule has 47 heavy (non-hydrogen) atoms. The number of nitrogens with two attached hydrogens (primary N) is 2. The summed E-state index contributed by atoms with van der Waals surface area (Å²) in [6, 6.07) is 0.426. The number of piperidine rings is 2. The number of rotatable bonds is 11. The first-order chi connectivity index (χ1) is 22.4. The molecule has 268 valence electrons. The van der Waals surface area contributed by atoms with Gasteiger partial charge in [0.25, 0.3) is 0 Å². The average molecular weight is 664 g/mol. The summed E-state index contributed by atoms with van der Waals surface area (Å²) in [4.78, 5) is 26.4. The van der Waals surface area contributed by atoms with E-state index in [1.165, 1.54) is 32.1 Å². The third-order valence-corrected chi connectivity index (χ3v) is 12.5. The molecule has 11 heteroatoms. The van der Waals surface area contributed by atoms with Gasteiger partial charge in [0, 0.05) is 44.2 Å². The number of ketones is 1. The van der Waals surface area contributed by atoms with Gasteiger partial charge in [0.2, 0.25) is 0 Å². The lowest BCUT2D eigenvalue weighted by molar-refractivity contribution is -0.705. The molecule has 5 saturated heterocycles. The Hall–Kier alpha value is -1.18. The van der Waals surface area contributed by atoms with E-state index in [4.69, 9.17) is 24.7 Å². The largest absolute Gasteiger partial charge is 0.457 e. The van der Waals surface area contributed by atoms with Gasteiger partial charge in [-0.1, -0.05) is 19.8 Å². The highest BCUT2D eigenvalue weighted by molar-refractivity contribution is 5.84. The van der Waals surface area contributed by atoms with E-state index >= 15 is 0 Å². The van der Waals surface area contributed by atoms with Crippen LogP contribution in [0.5, 0.6) is 0 Å². The van der Waals surface area contributed by atoms with Crippen LogP contribution in [-0.2, 0) is 28.5 Å². The van der Waals surface area contributed by atoms with E-state index in [0.717, 1.165) is 38.8 Å². The first kappa shape index (κ1) is 35.6. The fourth-order valence-electron chi connectivity index (χ4n) is 9.62. The van der Waals surface area contributed by atoms with Gasteiger partial charge in [0.1, 0.15) is 18.1 Å². The van der Waals surface area contributed by atoms with Crippen molar-refractivity contribution in [3.05, 3.63) is 0 Å². The van der Waals surface area contributed by atoms with Crippen molar-refractivity contribution in [1.82, 2.24) is 10.6 Å². The van der Waals surface area contributed by atoms with E-state index in [0.29, 0.717) is 43.3 Å². The summed E-state index contributed by atoms with van der Waals surface area (Å²) in [6.07, 6.45) is 9.44. The Kier molecular flexibility index (Phi) is 11.1. The molecule has 14 atom stereocenters. The number of hydrogen-bond donors (Lipinski definition) is 5. The summed E-state index contributed by atoms with van der Waals surface area (Å²) in [6.45, 7) is 12.1. The number of quaternary nitrogens is 1. The van der Waals surface area contributed by atoms with Crippen molar-refractivity contribution in [2.24, 2.45) is 29.4 Å². The van der Waals surface area contributed by atoms with Crippen LogP contribution in [0.3, 0.4) is 0 Å². The first-order valence-corrected chi connectivity index (χ1v) is 18.9. The second kappa shape index (κ2) is 14.6. The Bertz CT molecular complexity index is 1110. The lowest BCUT2D eigenvalue weighted by Crippen LogP contribution is -2.95.